The molecule has 0 aromatic rings. The minimum Gasteiger partial charge on any atom is -0.376 e. The Kier molecular flexibility index (Phi) is 5.71. The average Bonchev–Trinajstić information content (AvgIpc) is 2.97. The van der Waals surface area contributed by atoms with Gasteiger partial charge in [-0.1, -0.05) is 19.3 Å². The second kappa shape index (κ2) is 7.17. The van der Waals surface area contributed by atoms with E-state index in [1.54, 1.807) is 0 Å². The molecule has 2 atom stereocenters. The van der Waals surface area contributed by atoms with Gasteiger partial charge < -0.3 is 14.8 Å². The van der Waals surface area contributed by atoms with Crippen LogP contribution < -0.4 is 5.32 Å². The number of amides is 1. The lowest BCUT2D eigenvalue weighted by Gasteiger charge is -2.40. The highest BCUT2D eigenvalue weighted by atomic mass is 19.4. The topological polar surface area (TPSA) is 47.6 Å². The predicted octanol–water partition coefficient (Wildman–Crippen LogP) is 2.95. The van der Waals surface area contributed by atoms with Gasteiger partial charge in [0.25, 0.3) is 0 Å². The van der Waals surface area contributed by atoms with Crippen LogP contribution in [0.5, 0.6) is 0 Å². The van der Waals surface area contributed by atoms with Crippen molar-refractivity contribution in [1.82, 2.24) is 5.32 Å². The van der Waals surface area contributed by atoms with Gasteiger partial charge in [0.2, 0.25) is 5.91 Å². The molecule has 128 valence electrons. The molecule has 0 spiro atoms. The van der Waals surface area contributed by atoms with Crippen LogP contribution in [0.1, 0.15) is 51.9 Å². The predicted molar refractivity (Wildman–Crippen MR) is 74.4 cm³/mol. The second-order valence-corrected chi connectivity index (χ2v) is 6.24. The fraction of sp³-hybridized carbons (Fsp3) is 0.933. The number of halogens is 3. The van der Waals surface area contributed by atoms with Gasteiger partial charge in [-0.2, -0.15) is 13.2 Å². The number of carbonyl (C=O) groups excluding carboxylic acids is 1. The molecule has 4 nitrogen and oxygen atoms in total. The molecule has 1 N–H and O–H groups in total. The van der Waals surface area contributed by atoms with E-state index in [2.05, 4.69) is 5.32 Å². The van der Waals surface area contributed by atoms with Crippen LogP contribution in [0.4, 0.5) is 13.2 Å². The van der Waals surface area contributed by atoms with Gasteiger partial charge in [0.1, 0.15) is 11.6 Å². The molecule has 7 heteroatoms. The summed E-state index contributed by atoms with van der Waals surface area (Å²) in [7, 11) is 0. The third-order valence-electron chi connectivity index (χ3n) is 4.54. The molecule has 0 unspecified atom stereocenters. The zero-order chi connectivity index (χ0) is 16.2. The molecule has 1 heterocycles. The van der Waals surface area contributed by atoms with Gasteiger partial charge >= 0.3 is 6.18 Å². The highest BCUT2D eigenvalue weighted by molar-refractivity contribution is 5.81. The maximum atomic E-state index is 13.4. The Morgan fingerprint density at radius 2 is 2.00 bits per heavy atom. The Hall–Kier alpha value is -0.820. The summed E-state index contributed by atoms with van der Waals surface area (Å²) in [6, 6.07) is 0. The monoisotopic (exact) mass is 323 g/mol. The lowest BCUT2D eigenvalue weighted by molar-refractivity contribution is -0.208. The van der Waals surface area contributed by atoms with Crippen molar-refractivity contribution < 1.29 is 27.4 Å². The number of ether oxygens (including phenoxy) is 2. The molecule has 0 aromatic carbocycles. The van der Waals surface area contributed by atoms with E-state index in [9.17, 15) is 18.0 Å². The van der Waals surface area contributed by atoms with Crippen molar-refractivity contribution in [1.29, 1.82) is 0 Å². The van der Waals surface area contributed by atoms with Crippen molar-refractivity contribution in [3.63, 3.8) is 0 Å². The average molecular weight is 323 g/mol. The van der Waals surface area contributed by atoms with E-state index in [0.717, 1.165) is 19.3 Å². The Labute approximate surface area is 128 Å². The minimum absolute atomic E-state index is 0.0542. The quantitative estimate of drug-likeness (QED) is 0.846. The molecular weight excluding hydrogens is 299 g/mol. The zero-order valence-corrected chi connectivity index (χ0v) is 12.9. The number of rotatable bonds is 5. The highest BCUT2D eigenvalue weighted by Crippen LogP contribution is 2.41. The SMILES string of the molecule is C[C@H](OC[C@H]1CCCO1)C(=O)NC1(C(F)(F)F)CCCCC1. The lowest BCUT2D eigenvalue weighted by Crippen LogP contribution is -2.61. The first kappa shape index (κ1) is 17.5. The molecule has 22 heavy (non-hydrogen) atoms. The molecule has 1 saturated carbocycles. The van der Waals surface area contributed by atoms with Gasteiger partial charge in [0, 0.05) is 6.61 Å². The fourth-order valence-corrected chi connectivity index (χ4v) is 3.08. The summed E-state index contributed by atoms with van der Waals surface area (Å²) in [5, 5.41) is 2.22. The van der Waals surface area contributed by atoms with Crippen LogP contribution in [0.2, 0.25) is 0 Å². The third kappa shape index (κ3) is 4.13. The largest absolute Gasteiger partial charge is 0.411 e. The van der Waals surface area contributed by atoms with Gasteiger partial charge in [-0.25, -0.2) is 0 Å². The van der Waals surface area contributed by atoms with Crippen LogP contribution in [0, 0.1) is 0 Å². The maximum absolute atomic E-state index is 13.4. The maximum Gasteiger partial charge on any atom is 0.411 e. The minimum atomic E-state index is -4.43. The molecule has 1 aliphatic carbocycles. The molecule has 2 fully saturated rings. The third-order valence-corrected chi connectivity index (χ3v) is 4.54. The van der Waals surface area contributed by atoms with E-state index in [1.807, 2.05) is 0 Å². The van der Waals surface area contributed by atoms with Crippen LogP contribution in [0.3, 0.4) is 0 Å². The Morgan fingerprint density at radius 1 is 1.32 bits per heavy atom. The Balaban J connectivity index is 1.89. The first-order valence-electron chi connectivity index (χ1n) is 7.96. The van der Waals surface area contributed by atoms with E-state index in [-0.39, 0.29) is 25.6 Å². The van der Waals surface area contributed by atoms with Gasteiger partial charge in [-0.05, 0) is 32.6 Å². The number of alkyl halides is 3. The van der Waals surface area contributed by atoms with Crippen molar-refractivity contribution in [2.24, 2.45) is 0 Å². The lowest BCUT2D eigenvalue weighted by atomic mass is 9.81. The van der Waals surface area contributed by atoms with Gasteiger partial charge in [-0.15, -0.1) is 0 Å². The van der Waals surface area contributed by atoms with E-state index >= 15 is 0 Å². The summed E-state index contributed by atoms with van der Waals surface area (Å²) in [5.74, 6) is -0.697. The van der Waals surface area contributed by atoms with E-state index in [4.69, 9.17) is 9.47 Å². The van der Waals surface area contributed by atoms with Crippen molar-refractivity contribution in [2.75, 3.05) is 13.2 Å². The van der Waals surface area contributed by atoms with E-state index in [1.165, 1.54) is 6.92 Å². The summed E-state index contributed by atoms with van der Waals surface area (Å²) in [4.78, 5) is 12.1. The van der Waals surface area contributed by atoms with Crippen LogP contribution in [-0.4, -0.2) is 43.0 Å². The number of hydrogen-bond donors (Lipinski definition) is 1. The molecule has 2 aliphatic rings. The normalized spacial score (nSPS) is 26.6. The van der Waals surface area contributed by atoms with Crippen molar-refractivity contribution in [2.45, 2.75) is 75.8 Å². The zero-order valence-electron chi connectivity index (χ0n) is 12.9. The molecule has 0 radical (unpaired) electrons. The van der Waals surface area contributed by atoms with Crippen LogP contribution in [0.15, 0.2) is 0 Å². The van der Waals surface area contributed by atoms with Crippen molar-refractivity contribution in [3.8, 4) is 0 Å². The molecular formula is C15H24F3NO3. The number of hydrogen-bond acceptors (Lipinski definition) is 3. The molecule has 0 aromatic heterocycles. The molecule has 2 rings (SSSR count). The van der Waals surface area contributed by atoms with E-state index < -0.39 is 23.7 Å². The first-order valence-corrected chi connectivity index (χ1v) is 7.96. The molecule has 1 aliphatic heterocycles. The van der Waals surface area contributed by atoms with Crippen LogP contribution >= 0.6 is 0 Å². The second-order valence-electron chi connectivity index (χ2n) is 6.24. The smallest absolute Gasteiger partial charge is 0.376 e. The summed E-state index contributed by atoms with van der Waals surface area (Å²) >= 11 is 0. The van der Waals surface area contributed by atoms with Crippen molar-refractivity contribution in [3.05, 3.63) is 0 Å². The summed E-state index contributed by atoms with van der Waals surface area (Å²) < 4.78 is 50.9. The summed E-state index contributed by atoms with van der Waals surface area (Å²) in [6.45, 7) is 2.40. The van der Waals surface area contributed by atoms with Crippen LogP contribution in [0.25, 0.3) is 0 Å². The van der Waals surface area contributed by atoms with E-state index in [0.29, 0.717) is 19.4 Å². The molecule has 1 amide bonds. The van der Waals surface area contributed by atoms with Gasteiger partial charge in [0.05, 0.1) is 12.7 Å². The Morgan fingerprint density at radius 3 is 2.55 bits per heavy atom. The summed E-state index contributed by atoms with van der Waals surface area (Å²) in [5.41, 5.74) is -2.09. The molecule has 0 bridgehead atoms. The Bertz CT molecular complexity index is 375. The van der Waals surface area contributed by atoms with Gasteiger partial charge in [-0.3, -0.25) is 4.79 Å². The van der Waals surface area contributed by atoms with Crippen molar-refractivity contribution >= 4 is 5.91 Å². The van der Waals surface area contributed by atoms with Gasteiger partial charge in [0.15, 0.2) is 0 Å². The highest BCUT2D eigenvalue weighted by Gasteiger charge is 2.55. The standard InChI is InChI=1S/C15H24F3NO3/c1-11(22-10-12-6-5-9-21-12)13(20)19-14(15(16,17)18)7-3-2-4-8-14/h11-12H,2-10H2,1H3,(H,19,20)/t11-,12+/m0/s1. The fourth-order valence-electron chi connectivity index (χ4n) is 3.08. The number of carbonyl (C=O) groups is 1. The van der Waals surface area contributed by atoms with Crippen LogP contribution in [-0.2, 0) is 14.3 Å². The first-order chi connectivity index (χ1) is 10.3. The number of nitrogens with one attached hydrogen (secondary N) is 1. The molecule has 1 saturated heterocycles. The summed E-state index contributed by atoms with van der Waals surface area (Å²) in [6.07, 6.45) is -1.97.